The zero-order valence-electron chi connectivity index (χ0n) is 7.09. The predicted molar refractivity (Wildman–Crippen MR) is 53.6 cm³/mol. The van der Waals surface area contributed by atoms with Crippen molar-refractivity contribution in [2.45, 2.75) is 25.2 Å². The van der Waals surface area contributed by atoms with Crippen LogP contribution in [-0.2, 0) is 11.9 Å². The number of aryl methyl sites for hydroxylation is 1. The van der Waals surface area contributed by atoms with E-state index in [4.69, 9.17) is 0 Å². The number of rotatable bonds is 3. The second-order valence-electron chi connectivity index (χ2n) is 2.67. The molecule has 3 heteroatoms. The lowest BCUT2D eigenvalue weighted by molar-refractivity contribution is 0.650. The van der Waals surface area contributed by atoms with E-state index < -0.39 is 0 Å². The average Bonchev–Trinajstić information content (AvgIpc) is 2.09. The molecule has 1 heterocycles. The van der Waals surface area contributed by atoms with E-state index in [0.717, 1.165) is 18.5 Å². The summed E-state index contributed by atoms with van der Waals surface area (Å²) in [6.07, 6.45) is 2.82. The maximum absolute atomic E-state index is 11.5. The average molecular weight is 230 g/mol. The van der Waals surface area contributed by atoms with Gasteiger partial charge in [-0.2, -0.15) is 0 Å². The summed E-state index contributed by atoms with van der Waals surface area (Å²) in [5, 5.41) is 0.635. The van der Waals surface area contributed by atoms with Gasteiger partial charge < -0.3 is 4.57 Å². The number of aromatic nitrogens is 1. The van der Waals surface area contributed by atoms with Crippen molar-refractivity contribution < 1.29 is 0 Å². The quantitative estimate of drug-likeness (QED) is 0.729. The first-order chi connectivity index (χ1) is 5.79. The van der Waals surface area contributed by atoms with Crippen molar-refractivity contribution in [1.29, 1.82) is 0 Å². The Balaban J connectivity index is 3.06. The van der Waals surface area contributed by atoms with Crippen LogP contribution in [0.5, 0.6) is 0 Å². The predicted octanol–water partition coefficient (Wildman–Crippen LogP) is 2.15. The number of pyridine rings is 1. The smallest absolute Gasteiger partial charge is 0.254 e. The summed E-state index contributed by atoms with van der Waals surface area (Å²) in [6.45, 7) is 2.87. The summed E-state index contributed by atoms with van der Waals surface area (Å²) >= 11 is 3.28. The Morgan fingerprint density at radius 2 is 2.33 bits per heavy atom. The molecule has 0 amide bonds. The molecule has 0 aliphatic rings. The van der Waals surface area contributed by atoms with Gasteiger partial charge >= 0.3 is 0 Å². The lowest BCUT2D eigenvalue weighted by Crippen LogP contribution is -2.21. The minimum Gasteiger partial charge on any atom is -0.315 e. The molecule has 0 bridgehead atoms. The van der Waals surface area contributed by atoms with E-state index in [1.54, 1.807) is 4.57 Å². The van der Waals surface area contributed by atoms with Crippen molar-refractivity contribution in [2.24, 2.45) is 0 Å². The van der Waals surface area contributed by atoms with Gasteiger partial charge in [-0.1, -0.05) is 28.9 Å². The van der Waals surface area contributed by atoms with Crippen LogP contribution in [-0.4, -0.2) is 4.57 Å². The molecule has 12 heavy (non-hydrogen) atoms. The summed E-state index contributed by atoms with van der Waals surface area (Å²) < 4.78 is 1.75. The summed E-state index contributed by atoms with van der Waals surface area (Å²) in [7, 11) is 0. The first kappa shape index (κ1) is 9.52. The molecule has 0 N–H and O–H groups in total. The second kappa shape index (κ2) is 4.45. The zero-order valence-corrected chi connectivity index (χ0v) is 8.67. The van der Waals surface area contributed by atoms with Gasteiger partial charge in [-0.05, 0) is 12.5 Å². The number of hydrogen-bond acceptors (Lipinski definition) is 1. The van der Waals surface area contributed by atoms with Crippen LogP contribution in [0.2, 0.25) is 0 Å². The van der Waals surface area contributed by atoms with Crippen molar-refractivity contribution >= 4 is 15.9 Å². The van der Waals surface area contributed by atoms with Gasteiger partial charge in [0.15, 0.2) is 0 Å². The summed E-state index contributed by atoms with van der Waals surface area (Å²) in [5.41, 5.74) is 0.946. The molecule has 0 aliphatic heterocycles. The van der Waals surface area contributed by atoms with Crippen molar-refractivity contribution in [3.63, 3.8) is 0 Å². The highest BCUT2D eigenvalue weighted by molar-refractivity contribution is 9.08. The van der Waals surface area contributed by atoms with Crippen LogP contribution in [0.25, 0.3) is 0 Å². The topological polar surface area (TPSA) is 22.0 Å². The molecule has 0 aliphatic carbocycles. The van der Waals surface area contributed by atoms with Crippen molar-refractivity contribution in [2.75, 3.05) is 0 Å². The van der Waals surface area contributed by atoms with E-state index in [1.165, 1.54) is 0 Å². The minimum absolute atomic E-state index is 0.122. The van der Waals surface area contributed by atoms with Crippen LogP contribution >= 0.6 is 15.9 Å². The van der Waals surface area contributed by atoms with Crippen LogP contribution in [0.3, 0.4) is 0 Å². The largest absolute Gasteiger partial charge is 0.315 e. The number of halogens is 1. The number of hydrogen-bond donors (Lipinski definition) is 0. The molecule has 0 spiro atoms. The molecule has 1 aromatic rings. The Morgan fingerprint density at radius 1 is 1.58 bits per heavy atom. The lowest BCUT2D eigenvalue weighted by atomic mass is 10.3. The van der Waals surface area contributed by atoms with Crippen LogP contribution in [0.15, 0.2) is 23.1 Å². The first-order valence-corrected chi connectivity index (χ1v) is 5.16. The molecular weight excluding hydrogens is 218 g/mol. The van der Waals surface area contributed by atoms with Crippen LogP contribution in [0.4, 0.5) is 0 Å². The number of nitrogens with zero attached hydrogens (tertiary/aromatic N) is 1. The van der Waals surface area contributed by atoms with Gasteiger partial charge in [0.05, 0.1) is 0 Å². The Labute approximate surface area is 80.3 Å². The van der Waals surface area contributed by atoms with Gasteiger partial charge in [-0.15, -0.1) is 0 Å². The molecule has 0 radical (unpaired) electrons. The fourth-order valence-electron chi connectivity index (χ4n) is 1.11. The Morgan fingerprint density at radius 3 is 2.92 bits per heavy atom. The first-order valence-electron chi connectivity index (χ1n) is 4.04. The van der Waals surface area contributed by atoms with Crippen molar-refractivity contribution in [1.82, 2.24) is 4.57 Å². The molecule has 0 saturated heterocycles. The van der Waals surface area contributed by atoms with Gasteiger partial charge in [-0.3, -0.25) is 4.79 Å². The highest BCUT2D eigenvalue weighted by atomic mass is 79.9. The zero-order chi connectivity index (χ0) is 8.97. The number of alkyl halides is 1. The lowest BCUT2D eigenvalue weighted by Gasteiger charge is -2.03. The summed E-state index contributed by atoms with van der Waals surface area (Å²) in [5.74, 6) is 0. The summed E-state index contributed by atoms with van der Waals surface area (Å²) in [6, 6.07) is 3.76. The maximum atomic E-state index is 11.5. The van der Waals surface area contributed by atoms with E-state index in [1.807, 2.05) is 18.3 Å². The minimum atomic E-state index is 0.122. The maximum Gasteiger partial charge on any atom is 0.254 e. The van der Waals surface area contributed by atoms with E-state index >= 15 is 0 Å². The second-order valence-corrected chi connectivity index (χ2v) is 3.23. The van der Waals surface area contributed by atoms with Crippen LogP contribution < -0.4 is 5.56 Å². The van der Waals surface area contributed by atoms with Gasteiger partial charge in [0.2, 0.25) is 0 Å². The fraction of sp³-hybridized carbons (Fsp3) is 0.444. The van der Waals surface area contributed by atoms with Crippen LogP contribution in [0, 0.1) is 0 Å². The van der Waals surface area contributed by atoms with E-state index in [2.05, 4.69) is 22.9 Å². The monoisotopic (exact) mass is 229 g/mol. The van der Waals surface area contributed by atoms with Gasteiger partial charge in [0, 0.05) is 23.6 Å². The molecule has 0 unspecified atom stereocenters. The normalized spacial score (nSPS) is 10.2. The fourth-order valence-corrected chi connectivity index (χ4v) is 1.53. The van der Waals surface area contributed by atoms with E-state index in [0.29, 0.717) is 5.33 Å². The van der Waals surface area contributed by atoms with E-state index in [9.17, 15) is 4.79 Å². The summed E-state index contributed by atoms with van der Waals surface area (Å²) in [4.78, 5) is 11.5. The standard InChI is InChI=1S/C9H12BrNO/c1-2-5-11-6-3-4-8(7-10)9(11)12/h3-4,6H,2,5,7H2,1H3. The molecule has 0 aromatic carbocycles. The molecule has 66 valence electrons. The Bertz CT molecular complexity index is 306. The SMILES string of the molecule is CCCn1cccc(CBr)c1=O. The highest BCUT2D eigenvalue weighted by Crippen LogP contribution is 1.98. The van der Waals surface area contributed by atoms with Crippen LogP contribution in [0.1, 0.15) is 18.9 Å². The molecule has 1 rings (SSSR count). The highest BCUT2D eigenvalue weighted by Gasteiger charge is 1.99. The third-order valence-corrected chi connectivity index (χ3v) is 2.31. The Kier molecular flexibility index (Phi) is 3.53. The molecular formula is C9H12BrNO. The molecule has 0 saturated carbocycles. The third kappa shape index (κ3) is 1.97. The van der Waals surface area contributed by atoms with Gasteiger partial charge in [-0.25, -0.2) is 0 Å². The molecule has 0 atom stereocenters. The Hall–Kier alpha value is -0.570. The molecule has 0 fully saturated rings. The van der Waals surface area contributed by atoms with Gasteiger partial charge in [0.1, 0.15) is 0 Å². The van der Waals surface area contributed by atoms with Gasteiger partial charge in [0.25, 0.3) is 5.56 Å². The van der Waals surface area contributed by atoms with E-state index in [-0.39, 0.29) is 5.56 Å². The molecule has 1 aromatic heterocycles. The van der Waals surface area contributed by atoms with Crippen molar-refractivity contribution in [3.05, 3.63) is 34.2 Å². The molecule has 2 nitrogen and oxygen atoms in total. The third-order valence-electron chi connectivity index (χ3n) is 1.71. The van der Waals surface area contributed by atoms with Crippen molar-refractivity contribution in [3.8, 4) is 0 Å².